The van der Waals surface area contributed by atoms with Gasteiger partial charge in [-0.25, -0.2) is 0 Å². The van der Waals surface area contributed by atoms with Crippen LogP contribution in [-0.2, 0) is 0 Å². The molecular weight excluding hydrogens is 192 g/mol. The zero-order valence-electron chi connectivity index (χ0n) is 8.13. The highest BCUT2D eigenvalue weighted by Crippen LogP contribution is 2.20. The Bertz CT molecular complexity index is 390. The van der Waals surface area contributed by atoms with Crippen molar-refractivity contribution >= 4 is 0 Å². The predicted molar refractivity (Wildman–Crippen MR) is 56.6 cm³/mol. The summed E-state index contributed by atoms with van der Waals surface area (Å²) in [5.41, 5.74) is 0. The molecule has 2 rings (SSSR count). The first-order valence-electron chi connectivity index (χ1n) is 4.77. The highest BCUT2D eigenvalue weighted by atomic mass is 16.5. The van der Waals surface area contributed by atoms with Gasteiger partial charge in [0.25, 0.3) is 0 Å². The lowest BCUT2D eigenvalue weighted by Gasteiger charge is -2.12. The van der Waals surface area contributed by atoms with E-state index in [1.54, 1.807) is 36.4 Å². The van der Waals surface area contributed by atoms with Gasteiger partial charge in [0.05, 0.1) is 6.10 Å². The molecule has 0 unspecified atom stereocenters. The molecule has 3 nitrogen and oxygen atoms in total. The Hall–Kier alpha value is -1.74. The topological polar surface area (TPSA) is 49.7 Å². The molecule has 0 heterocycles. The molecule has 3 heteroatoms. The van der Waals surface area contributed by atoms with Gasteiger partial charge >= 0.3 is 0 Å². The number of ether oxygens (including phenoxy) is 1. The molecule has 0 amide bonds. The molecule has 1 aliphatic rings. The minimum atomic E-state index is -0.405. The number of rotatable bonds is 2. The predicted octanol–water partition coefficient (Wildman–Crippen LogP) is 1.98. The van der Waals surface area contributed by atoms with Gasteiger partial charge in [-0.05, 0) is 42.8 Å². The number of phenols is 1. The van der Waals surface area contributed by atoms with Crippen molar-refractivity contribution in [2.45, 2.75) is 12.5 Å². The molecule has 0 spiro atoms. The SMILES string of the molecule is Oc1ccc(OC2=CC[C@@H](O)C=C2)cc1. The number of aromatic hydroxyl groups is 1. The molecule has 78 valence electrons. The summed E-state index contributed by atoms with van der Waals surface area (Å²) in [7, 11) is 0. The Kier molecular flexibility index (Phi) is 2.74. The van der Waals surface area contributed by atoms with Crippen molar-refractivity contribution in [1.82, 2.24) is 0 Å². The van der Waals surface area contributed by atoms with Crippen LogP contribution in [0.1, 0.15) is 6.42 Å². The molecule has 1 aliphatic carbocycles. The third-order valence-corrected chi connectivity index (χ3v) is 2.12. The van der Waals surface area contributed by atoms with Gasteiger partial charge in [-0.1, -0.05) is 6.08 Å². The average molecular weight is 204 g/mol. The first-order valence-corrected chi connectivity index (χ1v) is 4.77. The van der Waals surface area contributed by atoms with Crippen LogP contribution in [0, 0.1) is 0 Å². The number of allylic oxidation sites excluding steroid dienone is 1. The Morgan fingerprint density at radius 3 is 2.53 bits per heavy atom. The van der Waals surface area contributed by atoms with E-state index in [4.69, 9.17) is 9.84 Å². The van der Waals surface area contributed by atoms with Crippen molar-refractivity contribution in [3.8, 4) is 11.5 Å². The highest BCUT2D eigenvalue weighted by molar-refractivity contribution is 5.33. The van der Waals surface area contributed by atoms with E-state index in [2.05, 4.69) is 0 Å². The fourth-order valence-electron chi connectivity index (χ4n) is 1.32. The molecule has 0 saturated carbocycles. The van der Waals surface area contributed by atoms with Crippen molar-refractivity contribution < 1.29 is 14.9 Å². The lowest BCUT2D eigenvalue weighted by Crippen LogP contribution is -2.06. The number of benzene rings is 1. The number of hydrogen-bond acceptors (Lipinski definition) is 3. The maximum absolute atomic E-state index is 9.21. The molecule has 0 bridgehead atoms. The summed E-state index contributed by atoms with van der Waals surface area (Å²) in [5, 5.41) is 18.3. The van der Waals surface area contributed by atoms with Crippen LogP contribution in [0.5, 0.6) is 11.5 Å². The third-order valence-electron chi connectivity index (χ3n) is 2.12. The van der Waals surface area contributed by atoms with Crippen LogP contribution in [0.2, 0.25) is 0 Å². The second kappa shape index (κ2) is 4.19. The van der Waals surface area contributed by atoms with Gasteiger partial charge in [-0.2, -0.15) is 0 Å². The second-order valence-corrected chi connectivity index (χ2v) is 3.36. The van der Waals surface area contributed by atoms with Gasteiger partial charge < -0.3 is 14.9 Å². The zero-order chi connectivity index (χ0) is 10.7. The van der Waals surface area contributed by atoms with E-state index in [-0.39, 0.29) is 5.75 Å². The van der Waals surface area contributed by atoms with Crippen LogP contribution in [0.15, 0.2) is 48.3 Å². The molecule has 0 saturated heterocycles. The van der Waals surface area contributed by atoms with E-state index in [0.717, 1.165) is 0 Å². The van der Waals surface area contributed by atoms with Crippen LogP contribution in [0.4, 0.5) is 0 Å². The van der Waals surface area contributed by atoms with E-state index in [1.165, 1.54) is 0 Å². The van der Waals surface area contributed by atoms with Gasteiger partial charge in [-0.15, -0.1) is 0 Å². The Labute approximate surface area is 87.9 Å². The quantitative estimate of drug-likeness (QED) is 0.774. The average Bonchev–Trinajstić information content (AvgIpc) is 2.25. The molecule has 0 radical (unpaired) electrons. The van der Waals surface area contributed by atoms with Gasteiger partial charge in [0, 0.05) is 0 Å². The standard InChI is InChI=1S/C12H12O3/c13-9-1-5-11(6-2-9)15-12-7-3-10(14)4-8-12/h1-3,5-8,10,13-14H,4H2/t10-/m0/s1. The maximum Gasteiger partial charge on any atom is 0.127 e. The van der Waals surface area contributed by atoms with Crippen LogP contribution < -0.4 is 4.74 Å². The normalized spacial score (nSPS) is 19.8. The fraction of sp³-hybridized carbons (Fsp3) is 0.167. The van der Waals surface area contributed by atoms with Crippen molar-refractivity contribution in [3.05, 3.63) is 48.3 Å². The van der Waals surface area contributed by atoms with Crippen LogP contribution in [-0.4, -0.2) is 16.3 Å². The van der Waals surface area contributed by atoms with Crippen molar-refractivity contribution in [3.63, 3.8) is 0 Å². The first kappa shape index (κ1) is 9.80. The van der Waals surface area contributed by atoms with Crippen molar-refractivity contribution in [2.75, 3.05) is 0 Å². The summed E-state index contributed by atoms with van der Waals surface area (Å²) in [4.78, 5) is 0. The van der Waals surface area contributed by atoms with Gasteiger partial charge in [-0.3, -0.25) is 0 Å². The summed E-state index contributed by atoms with van der Waals surface area (Å²) in [5.74, 6) is 1.59. The fourth-order valence-corrected chi connectivity index (χ4v) is 1.32. The maximum atomic E-state index is 9.21. The van der Waals surface area contributed by atoms with E-state index in [9.17, 15) is 5.11 Å². The summed E-state index contributed by atoms with van der Waals surface area (Å²) in [6.07, 6.45) is 5.43. The highest BCUT2D eigenvalue weighted by Gasteiger charge is 2.06. The monoisotopic (exact) mass is 204 g/mol. The molecule has 1 aromatic rings. The lowest BCUT2D eigenvalue weighted by atomic mass is 10.1. The van der Waals surface area contributed by atoms with E-state index < -0.39 is 6.10 Å². The molecule has 1 aromatic carbocycles. The summed E-state index contributed by atoms with van der Waals surface area (Å²) >= 11 is 0. The number of hydrogen-bond donors (Lipinski definition) is 2. The summed E-state index contributed by atoms with van der Waals surface area (Å²) in [6.45, 7) is 0. The smallest absolute Gasteiger partial charge is 0.127 e. The molecular formula is C12H12O3. The van der Waals surface area contributed by atoms with Gasteiger partial charge in [0.2, 0.25) is 0 Å². The Morgan fingerprint density at radius 1 is 1.20 bits per heavy atom. The number of aliphatic hydroxyl groups excluding tert-OH is 1. The second-order valence-electron chi connectivity index (χ2n) is 3.36. The molecule has 0 aromatic heterocycles. The van der Waals surface area contributed by atoms with E-state index >= 15 is 0 Å². The minimum absolute atomic E-state index is 0.214. The molecule has 0 fully saturated rings. The Balaban J connectivity index is 2.04. The molecule has 1 atom stereocenters. The van der Waals surface area contributed by atoms with Gasteiger partial charge in [0.1, 0.15) is 17.3 Å². The number of aliphatic hydroxyl groups is 1. The lowest BCUT2D eigenvalue weighted by molar-refractivity contribution is 0.222. The van der Waals surface area contributed by atoms with Crippen LogP contribution in [0.25, 0.3) is 0 Å². The van der Waals surface area contributed by atoms with E-state index in [0.29, 0.717) is 17.9 Å². The van der Waals surface area contributed by atoms with Crippen LogP contribution in [0.3, 0.4) is 0 Å². The number of phenolic OH excluding ortho intramolecular Hbond substituents is 1. The largest absolute Gasteiger partial charge is 0.508 e. The van der Waals surface area contributed by atoms with Crippen molar-refractivity contribution in [2.24, 2.45) is 0 Å². The van der Waals surface area contributed by atoms with E-state index in [1.807, 2.05) is 6.08 Å². The van der Waals surface area contributed by atoms with Crippen LogP contribution >= 0.6 is 0 Å². The first-order chi connectivity index (χ1) is 7.24. The zero-order valence-corrected chi connectivity index (χ0v) is 8.13. The van der Waals surface area contributed by atoms with Crippen molar-refractivity contribution in [1.29, 1.82) is 0 Å². The molecule has 2 N–H and O–H groups in total. The Morgan fingerprint density at radius 2 is 1.93 bits per heavy atom. The summed E-state index contributed by atoms with van der Waals surface area (Å²) in [6, 6.07) is 6.51. The minimum Gasteiger partial charge on any atom is -0.508 e. The van der Waals surface area contributed by atoms with Gasteiger partial charge in [0.15, 0.2) is 0 Å². The molecule has 15 heavy (non-hydrogen) atoms. The third kappa shape index (κ3) is 2.60. The molecule has 0 aliphatic heterocycles. The summed E-state index contributed by atoms with van der Waals surface area (Å²) < 4.78 is 5.51.